The molecule has 3 rings (SSSR count). The third kappa shape index (κ3) is 3.21. The minimum absolute atomic E-state index is 0.298. The summed E-state index contributed by atoms with van der Waals surface area (Å²) >= 11 is 1.40. The molecule has 2 aromatic heterocycles. The van der Waals surface area contributed by atoms with E-state index < -0.39 is 5.97 Å². The molecular weight excluding hydrogens is 314 g/mol. The molecule has 0 aliphatic heterocycles. The maximum absolute atomic E-state index is 12.2. The van der Waals surface area contributed by atoms with Crippen molar-refractivity contribution >= 4 is 28.3 Å². The van der Waals surface area contributed by atoms with Gasteiger partial charge in [-0.3, -0.25) is 0 Å². The summed E-state index contributed by atoms with van der Waals surface area (Å²) in [5.74, 6) is 0.0734. The first-order valence-electron chi connectivity index (χ1n) is 7.06. The van der Waals surface area contributed by atoms with Crippen molar-refractivity contribution in [2.45, 2.75) is 13.8 Å². The third-order valence-electron chi connectivity index (χ3n) is 3.02. The molecule has 0 spiro atoms. The minimum Gasteiger partial charge on any atom is -0.462 e. The Bertz CT molecular complexity index is 812. The average molecular weight is 329 g/mol. The van der Waals surface area contributed by atoms with Crippen molar-refractivity contribution in [2.75, 3.05) is 11.9 Å². The quantitative estimate of drug-likeness (QED) is 0.725. The average Bonchev–Trinajstić information content (AvgIpc) is 3.15. The van der Waals surface area contributed by atoms with Gasteiger partial charge in [-0.2, -0.15) is 5.10 Å². The molecule has 7 nitrogen and oxygen atoms in total. The highest BCUT2D eigenvalue weighted by molar-refractivity contribution is 7.15. The summed E-state index contributed by atoms with van der Waals surface area (Å²) in [5, 5.41) is 16.9. The van der Waals surface area contributed by atoms with Gasteiger partial charge in [-0.1, -0.05) is 29.5 Å². The molecular formula is C15H15N5O2S. The summed E-state index contributed by atoms with van der Waals surface area (Å²) in [6.45, 7) is 3.93. The molecule has 8 heteroatoms. The Labute approximate surface area is 136 Å². The number of carbonyl (C=O) groups excluding carboxylic acids is 1. The van der Waals surface area contributed by atoms with Gasteiger partial charge in [-0.05, 0) is 26.0 Å². The Morgan fingerprint density at radius 2 is 2.09 bits per heavy atom. The molecule has 1 N–H and O–H groups in total. The first kappa shape index (κ1) is 15.2. The second-order valence-electron chi connectivity index (χ2n) is 4.63. The SMILES string of the molecule is CCOC(=O)c1cnn(-c2ccccc2)c1Nc1nnc(C)s1. The van der Waals surface area contributed by atoms with Crippen molar-refractivity contribution in [1.29, 1.82) is 0 Å². The number of hydrogen-bond acceptors (Lipinski definition) is 7. The Hall–Kier alpha value is -2.74. The summed E-state index contributed by atoms with van der Waals surface area (Å²) in [6, 6.07) is 9.53. The topological polar surface area (TPSA) is 81.9 Å². The number of aromatic nitrogens is 4. The van der Waals surface area contributed by atoms with E-state index in [9.17, 15) is 4.79 Å². The van der Waals surface area contributed by atoms with Crippen molar-refractivity contribution in [2.24, 2.45) is 0 Å². The van der Waals surface area contributed by atoms with Crippen molar-refractivity contribution in [3.05, 3.63) is 47.1 Å². The molecule has 0 fully saturated rings. The highest BCUT2D eigenvalue weighted by Gasteiger charge is 2.20. The van der Waals surface area contributed by atoms with Crippen LogP contribution in [0, 0.1) is 6.92 Å². The normalized spacial score (nSPS) is 10.5. The number of hydrogen-bond donors (Lipinski definition) is 1. The van der Waals surface area contributed by atoms with Crippen LogP contribution in [0.5, 0.6) is 0 Å². The fraction of sp³-hybridized carbons (Fsp3) is 0.200. The van der Waals surface area contributed by atoms with Crippen LogP contribution in [-0.2, 0) is 4.74 Å². The molecule has 2 heterocycles. The standard InChI is InChI=1S/C15H15N5O2S/c1-3-22-14(21)12-9-16-20(11-7-5-4-6-8-11)13(12)17-15-19-18-10(2)23-15/h4-9H,3H2,1-2H3,(H,17,19). The number of aryl methyl sites for hydroxylation is 1. The fourth-order valence-electron chi connectivity index (χ4n) is 2.04. The highest BCUT2D eigenvalue weighted by Crippen LogP contribution is 2.26. The molecule has 0 bridgehead atoms. The molecule has 0 aliphatic rings. The van der Waals surface area contributed by atoms with Crippen molar-refractivity contribution in [1.82, 2.24) is 20.0 Å². The second-order valence-corrected chi connectivity index (χ2v) is 5.81. The molecule has 0 saturated carbocycles. The fourth-order valence-corrected chi connectivity index (χ4v) is 2.63. The first-order valence-corrected chi connectivity index (χ1v) is 7.88. The molecule has 0 atom stereocenters. The van der Waals surface area contributed by atoms with Crippen LogP contribution in [0.2, 0.25) is 0 Å². The number of esters is 1. The number of carbonyl (C=O) groups is 1. The van der Waals surface area contributed by atoms with Crippen LogP contribution in [0.3, 0.4) is 0 Å². The van der Waals surface area contributed by atoms with Gasteiger partial charge < -0.3 is 10.1 Å². The lowest BCUT2D eigenvalue weighted by Crippen LogP contribution is -2.09. The van der Waals surface area contributed by atoms with Crippen LogP contribution >= 0.6 is 11.3 Å². The largest absolute Gasteiger partial charge is 0.462 e. The predicted octanol–water partition coefficient (Wildman–Crippen LogP) is 2.95. The van der Waals surface area contributed by atoms with E-state index in [1.165, 1.54) is 17.5 Å². The molecule has 0 aliphatic carbocycles. The highest BCUT2D eigenvalue weighted by atomic mass is 32.1. The predicted molar refractivity (Wildman–Crippen MR) is 87.4 cm³/mol. The van der Waals surface area contributed by atoms with E-state index in [1.54, 1.807) is 11.6 Å². The van der Waals surface area contributed by atoms with Crippen LogP contribution in [-0.4, -0.2) is 32.6 Å². The van der Waals surface area contributed by atoms with E-state index in [1.807, 2.05) is 37.3 Å². The van der Waals surface area contributed by atoms with Gasteiger partial charge in [0.1, 0.15) is 10.6 Å². The Kier molecular flexibility index (Phi) is 4.33. The molecule has 118 valence electrons. The lowest BCUT2D eigenvalue weighted by atomic mass is 10.3. The van der Waals surface area contributed by atoms with Gasteiger partial charge in [-0.15, -0.1) is 10.2 Å². The zero-order valence-corrected chi connectivity index (χ0v) is 13.5. The molecule has 0 saturated heterocycles. The lowest BCUT2D eigenvalue weighted by Gasteiger charge is -2.09. The van der Waals surface area contributed by atoms with Crippen molar-refractivity contribution in [3.8, 4) is 5.69 Å². The van der Waals surface area contributed by atoms with Gasteiger partial charge in [0, 0.05) is 0 Å². The minimum atomic E-state index is -0.432. The number of nitrogens with zero attached hydrogens (tertiary/aromatic N) is 4. The number of rotatable bonds is 5. The van der Waals surface area contributed by atoms with Crippen molar-refractivity contribution in [3.63, 3.8) is 0 Å². The van der Waals surface area contributed by atoms with Crippen LogP contribution in [0.1, 0.15) is 22.3 Å². The maximum Gasteiger partial charge on any atom is 0.343 e. The monoisotopic (exact) mass is 329 g/mol. The van der Waals surface area contributed by atoms with E-state index in [4.69, 9.17) is 4.74 Å². The number of benzene rings is 1. The van der Waals surface area contributed by atoms with E-state index in [2.05, 4.69) is 20.6 Å². The van der Waals surface area contributed by atoms with Crippen LogP contribution in [0.25, 0.3) is 5.69 Å². The van der Waals surface area contributed by atoms with Gasteiger partial charge >= 0.3 is 5.97 Å². The second kappa shape index (κ2) is 6.57. The molecule has 0 radical (unpaired) electrons. The van der Waals surface area contributed by atoms with Crippen molar-refractivity contribution < 1.29 is 9.53 Å². The van der Waals surface area contributed by atoms with Gasteiger partial charge in [-0.25, -0.2) is 9.48 Å². The van der Waals surface area contributed by atoms with Crippen LogP contribution in [0.15, 0.2) is 36.5 Å². The summed E-state index contributed by atoms with van der Waals surface area (Å²) < 4.78 is 6.74. The Morgan fingerprint density at radius 3 is 2.74 bits per heavy atom. The maximum atomic E-state index is 12.2. The van der Waals surface area contributed by atoms with Gasteiger partial charge in [0.2, 0.25) is 5.13 Å². The Balaban J connectivity index is 2.04. The number of ether oxygens (including phenoxy) is 1. The van der Waals surface area contributed by atoms with Gasteiger partial charge in [0.25, 0.3) is 0 Å². The number of anilines is 2. The zero-order chi connectivity index (χ0) is 16.2. The number of para-hydroxylation sites is 1. The van der Waals surface area contributed by atoms with Crippen LogP contribution < -0.4 is 5.32 Å². The summed E-state index contributed by atoms with van der Waals surface area (Å²) in [7, 11) is 0. The summed E-state index contributed by atoms with van der Waals surface area (Å²) in [4.78, 5) is 12.2. The lowest BCUT2D eigenvalue weighted by molar-refractivity contribution is 0.0527. The van der Waals surface area contributed by atoms with E-state index >= 15 is 0 Å². The Morgan fingerprint density at radius 1 is 1.30 bits per heavy atom. The molecule has 23 heavy (non-hydrogen) atoms. The smallest absolute Gasteiger partial charge is 0.343 e. The van der Waals surface area contributed by atoms with Crippen LogP contribution in [0.4, 0.5) is 10.9 Å². The van der Waals surface area contributed by atoms with E-state index in [0.29, 0.717) is 23.1 Å². The third-order valence-corrected chi connectivity index (χ3v) is 3.77. The van der Waals surface area contributed by atoms with E-state index in [0.717, 1.165) is 10.7 Å². The zero-order valence-electron chi connectivity index (χ0n) is 12.7. The van der Waals surface area contributed by atoms with Gasteiger partial charge in [0.15, 0.2) is 5.82 Å². The molecule has 0 amide bonds. The molecule has 1 aromatic carbocycles. The summed E-state index contributed by atoms with van der Waals surface area (Å²) in [6.07, 6.45) is 1.49. The van der Waals surface area contributed by atoms with E-state index in [-0.39, 0.29) is 0 Å². The first-order chi connectivity index (χ1) is 11.2. The molecule has 0 unspecified atom stereocenters. The number of nitrogens with one attached hydrogen (secondary N) is 1. The summed E-state index contributed by atoms with van der Waals surface area (Å²) in [5.41, 5.74) is 1.18. The molecule has 3 aromatic rings. The van der Waals surface area contributed by atoms with Gasteiger partial charge in [0.05, 0.1) is 18.5 Å².